The Balaban J connectivity index is 1.18. The van der Waals surface area contributed by atoms with Crippen LogP contribution in [0.5, 0.6) is 0 Å². The first-order valence-electron chi connectivity index (χ1n) is 17.8. The molecule has 2 saturated carbocycles. The highest BCUT2D eigenvalue weighted by molar-refractivity contribution is 7.92. The van der Waals surface area contributed by atoms with Gasteiger partial charge >= 0.3 is 0 Å². The fourth-order valence-electron chi connectivity index (χ4n) is 6.78. The molecule has 4 aromatic rings. The molecule has 6 rings (SSSR count). The van der Waals surface area contributed by atoms with Crippen LogP contribution in [0.4, 0.5) is 5.82 Å². The number of hydrogen-bond donors (Lipinski definition) is 3. The maximum Gasteiger partial charge on any atom is 0.269 e. The number of amides is 2. The van der Waals surface area contributed by atoms with E-state index >= 15 is 0 Å². The lowest BCUT2D eigenvalue weighted by atomic mass is 9.92. The molecular weight excluding hydrogens is 681 g/mol. The number of carbonyl (C=O) groups excluding carboxylic acids is 2. The number of ether oxygens (including phenoxy) is 2. The number of carbonyl (C=O) groups is 2. The summed E-state index contributed by atoms with van der Waals surface area (Å²) in [6.45, 7) is 0.525. The molecule has 272 valence electrons. The molecule has 0 spiro atoms. The van der Waals surface area contributed by atoms with Crippen LogP contribution in [-0.2, 0) is 44.1 Å². The van der Waals surface area contributed by atoms with Crippen LogP contribution < -0.4 is 15.4 Å². The SMILES string of the molecule is N#Cc1ccc(S(=O)(=O)Nc2cc(C(=O)N[C@H]3CCCC[C@@H]3OCc3ccccc3)n(CC(=O)N[C@H]3CCCC[C@@H]3OCc3ccccc3)n2)cc1. The molecule has 0 unspecified atom stereocenters. The Morgan fingerprint density at radius 1 is 0.769 bits per heavy atom. The van der Waals surface area contributed by atoms with Gasteiger partial charge in [0.05, 0.1) is 54.0 Å². The Kier molecular flexibility index (Phi) is 12.3. The molecule has 2 aliphatic carbocycles. The molecule has 4 atom stereocenters. The van der Waals surface area contributed by atoms with E-state index in [4.69, 9.17) is 14.7 Å². The number of nitrogens with zero attached hydrogens (tertiary/aromatic N) is 3. The maximum absolute atomic E-state index is 13.9. The lowest BCUT2D eigenvalue weighted by molar-refractivity contribution is -0.124. The van der Waals surface area contributed by atoms with Gasteiger partial charge in [-0.05, 0) is 61.1 Å². The fraction of sp³-hybridized carbons (Fsp3) is 0.385. The predicted molar refractivity (Wildman–Crippen MR) is 194 cm³/mol. The minimum Gasteiger partial charge on any atom is -0.371 e. The van der Waals surface area contributed by atoms with Crippen LogP contribution in [0.1, 0.15) is 78.5 Å². The van der Waals surface area contributed by atoms with Crippen molar-refractivity contribution in [2.24, 2.45) is 0 Å². The largest absolute Gasteiger partial charge is 0.371 e. The highest BCUT2D eigenvalue weighted by Crippen LogP contribution is 2.25. The molecule has 52 heavy (non-hydrogen) atoms. The number of aromatic nitrogens is 2. The summed E-state index contributed by atoms with van der Waals surface area (Å²) in [6.07, 6.45) is 6.50. The lowest BCUT2D eigenvalue weighted by Crippen LogP contribution is -2.48. The molecule has 0 aliphatic heterocycles. The molecule has 0 bridgehead atoms. The number of sulfonamides is 1. The molecule has 2 aliphatic rings. The quantitative estimate of drug-likeness (QED) is 0.154. The second-order valence-electron chi connectivity index (χ2n) is 13.3. The Morgan fingerprint density at radius 3 is 1.87 bits per heavy atom. The average Bonchev–Trinajstić information content (AvgIpc) is 3.55. The predicted octanol–water partition coefficient (Wildman–Crippen LogP) is 5.46. The third kappa shape index (κ3) is 9.85. The highest BCUT2D eigenvalue weighted by Gasteiger charge is 2.31. The Bertz CT molecular complexity index is 1950. The normalized spacial score (nSPS) is 20.4. The number of benzene rings is 3. The molecular formula is C39H44N6O6S. The van der Waals surface area contributed by atoms with Gasteiger partial charge in [-0.15, -0.1) is 0 Å². The van der Waals surface area contributed by atoms with Gasteiger partial charge in [-0.3, -0.25) is 14.3 Å². The molecule has 13 heteroatoms. The molecule has 2 amide bonds. The van der Waals surface area contributed by atoms with Gasteiger partial charge in [0.15, 0.2) is 5.82 Å². The van der Waals surface area contributed by atoms with E-state index < -0.39 is 15.9 Å². The number of rotatable bonds is 14. The third-order valence-corrected chi connectivity index (χ3v) is 10.9. The number of nitriles is 1. The van der Waals surface area contributed by atoms with Gasteiger partial charge in [-0.2, -0.15) is 10.4 Å². The van der Waals surface area contributed by atoms with Crippen molar-refractivity contribution in [1.29, 1.82) is 5.26 Å². The van der Waals surface area contributed by atoms with E-state index in [0.717, 1.165) is 56.1 Å². The van der Waals surface area contributed by atoms with E-state index in [-0.39, 0.29) is 53.2 Å². The van der Waals surface area contributed by atoms with Crippen LogP contribution in [0.15, 0.2) is 95.9 Å². The van der Waals surface area contributed by atoms with Crippen molar-refractivity contribution in [3.05, 3.63) is 113 Å². The van der Waals surface area contributed by atoms with Gasteiger partial charge in [-0.1, -0.05) is 86.3 Å². The van der Waals surface area contributed by atoms with Crippen LogP contribution >= 0.6 is 0 Å². The van der Waals surface area contributed by atoms with Crippen molar-refractivity contribution < 1.29 is 27.5 Å². The third-order valence-electron chi connectivity index (χ3n) is 9.52. The fourth-order valence-corrected chi connectivity index (χ4v) is 7.77. The van der Waals surface area contributed by atoms with Crippen molar-refractivity contribution in [1.82, 2.24) is 20.4 Å². The van der Waals surface area contributed by atoms with Gasteiger partial charge in [0, 0.05) is 6.07 Å². The standard InChI is InChI=1S/C39H44N6O6S/c40-24-28-19-21-31(22-20-28)52(48,49)44-37-23-34(39(47)42-33-16-8-10-18-36(33)51-27-30-13-5-2-6-14-30)45(43-37)25-38(46)41-32-15-7-9-17-35(32)50-26-29-11-3-1-4-12-29/h1-6,11-14,19-23,32-33,35-36H,7-10,15-18,25-27H2,(H,41,46)(H,42,47)(H,43,44)/t32-,33-,35-,36-/m0/s1. The van der Waals surface area contributed by atoms with Crippen molar-refractivity contribution in [2.75, 3.05) is 4.72 Å². The van der Waals surface area contributed by atoms with Crippen molar-refractivity contribution >= 4 is 27.7 Å². The number of nitrogens with one attached hydrogen (secondary N) is 3. The monoisotopic (exact) mass is 724 g/mol. The molecule has 3 aromatic carbocycles. The minimum atomic E-state index is -4.13. The first-order chi connectivity index (χ1) is 25.3. The van der Waals surface area contributed by atoms with Gasteiger partial charge < -0.3 is 20.1 Å². The van der Waals surface area contributed by atoms with Crippen LogP contribution in [0.25, 0.3) is 0 Å². The zero-order valence-electron chi connectivity index (χ0n) is 28.9. The Hall–Kier alpha value is -5.03. The second kappa shape index (κ2) is 17.5. The molecule has 2 fully saturated rings. The zero-order valence-corrected chi connectivity index (χ0v) is 29.8. The van der Waals surface area contributed by atoms with Crippen LogP contribution in [-0.4, -0.2) is 54.3 Å². The van der Waals surface area contributed by atoms with E-state index in [0.29, 0.717) is 25.2 Å². The molecule has 1 aromatic heterocycles. The summed E-state index contributed by atoms with van der Waals surface area (Å²) in [4.78, 5) is 27.4. The van der Waals surface area contributed by atoms with Crippen LogP contribution in [0.2, 0.25) is 0 Å². The number of anilines is 1. The molecule has 0 saturated heterocycles. The van der Waals surface area contributed by atoms with E-state index in [1.807, 2.05) is 66.7 Å². The summed E-state index contributed by atoms with van der Waals surface area (Å²) in [5.41, 5.74) is 2.42. The maximum atomic E-state index is 13.9. The van der Waals surface area contributed by atoms with Gasteiger partial charge in [0.2, 0.25) is 5.91 Å². The summed E-state index contributed by atoms with van der Waals surface area (Å²) in [5, 5.41) is 19.7. The minimum absolute atomic E-state index is 0.0283. The van der Waals surface area contributed by atoms with Crippen molar-refractivity contribution in [3.63, 3.8) is 0 Å². The van der Waals surface area contributed by atoms with Crippen LogP contribution in [0.3, 0.4) is 0 Å². The molecule has 1 heterocycles. The second-order valence-corrected chi connectivity index (χ2v) is 15.0. The van der Waals surface area contributed by atoms with E-state index in [1.54, 1.807) is 0 Å². The summed E-state index contributed by atoms with van der Waals surface area (Å²) in [6, 6.07) is 27.9. The van der Waals surface area contributed by atoms with E-state index in [9.17, 15) is 18.0 Å². The summed E-state index contributed by atoms with van der Waals surface area (Å²) in [7, 11) is -4.13. The first-order valence-corrected chi connectivity index (χ1v) is 19.3. The molecule has 0 radical (unpaired) electrons. The highest BCUT2D eigenvalue weighted by atomic mass is 32.2. The van der Waals surface area contributed by atoms with Crippen molar-refractivity contribution in [3.8, 4) is 6.07 Å². The molecule has 3 N–H and O–H groups in total. The topological polar surface area (TPSA) is 164 Å². The lowest BCUT2D eigenvalue weighted by Gasteiger charge is -2.32. The van der Waals surface area contributed by atoms with E-state index in [1.165, 1.54) is 35.0 Å². The molecule has 12 nitrogen and oxygen atoms in total. The van der Waals surface area contributed by atoms with Crippen LogP contribution in [0, 0.1) is 11.3 Å². The summed E-state index contributed by atoms with van der Waals surface area (Å²) >= 11 is 0. The van der Waals surface area contributed by atoms with Crippen molar-refractivity contribution in [2.45, 2.75) is 100 Å². The average molecular weight is 725 g/mol. The van der Waals surface area contributed by atoms with Gasteiger partial charge in [0.1, 0.15) is 12.2 Å². The summed E-state index contributed by atoms with van der Waals surface area (Å²) < 4.78 is 42.7. The Morgan fingerprint density at radius 2 is 1.31 bits per heavy atom. The Labute approximate surface area is 304 Å². The zero-order chi connectivity index (χ0) is 36.3. The van der Waals surface area contributed by atoms with Gasteiger partial charge in [0.25, 0.3) is 15.9 Å². The van der Waals surface area contributed by atoms with Gasteiger partial charge in [-0.25, -0.2) is 13.1 Å². The van der Waals surface area contributed by atoms with E-state index in [2.05, 4.69) is 20.5 Å². The smallest absolute Gasteiger partial charge is 0.269 e. The number of hydrogen-bond acceptors (Lipinski definition) is 8. The first kappa shape index (κ1) is 36.8. The summed E-state index contributed by atoms with van der Waals surface area (Å²) in [5.74, 6) is -0.990.